The molecule has 0 N–H and O–H groups in total. The van der Waals surface area contributed by atoms with E-state index in [9.17, 15) is 13.2 Å². The molecule has 0 aliphatic carbocycles. The van der Waals surface area contributed by atoms with Gasteiger partial charge in [0.2, 0.25) is 0 Å². The fourth-order valence-corrected chi connectivity index (χ4v) is 3.00. The van der Waals surface area contributed by atoms with Gasteiger partial charge in [-0.25, -0.2) is 13.4 Å². The van der Waals surface area contributed by atoms with Gasteiger partial charge in [0.25, 0.3) is 0 Å². The third-order valence-corrected chi connectivity index (χ3v) is 4.30. The summed E-state index contributed by atoms with van der Waals surface area (Å²) < 4.78 is 23.4. The minimum absolute atomic E-state index is 0.0895. The molecule has 98 valence electrons. The van der Waals surface area contributed by atoms with Crippen molar-refractivity contribution in [3.8, 4) is 0 Å². The van der Waals surface area contributed by atoms with Crippen molar-refractivity contribution in [2.75, 3.05) is 24.2 Å². The smallest absolute Gasteiger partial charge is 0.179 e. The van der Waals surface area contributed by atoms with E-state index in [1.807, 2.05) is 4.90 Å². The van der Waals surface area contributed by atoms with Gasteiger partial charge in [-0.2, -0.15) is 0 Å². The number of hydrogen-bond donors (Lipinski definition) is 0. The molecule has 6 heteroatoms. The molecule has 1 aliphatic rings. The fraction of sp³-hybridized carbons (Fsp3) is 0.500. The van der Waals surface area contributed by atoms with Crippen LogP contribution in [0.5, 0.6) is 0 Å². The number of anilines is 1. The molecule has 0 saturated carbocycles. The summed E-state index contributed by atoms with van der Waals surface area (Å²) in [6, 6.07) is 3.20. The molecule has 0 atom stereocenters. The average molecular weight is 268 g/mol. The van der Waals surface area contributed by atoms with Crippen LogP contribution < -0.4 is 4.90 Å². The Morgan fingerprint density at radius 1 is 1.39 bits per heavy atom. The van der Waals surface area contributed by atoms with Crippen molar-refractivity contribution in [3.63, 3.8) is 0 Å². The molecule has 0 amide bonds. The van der Waals surface area contributed by atoms with Crippen molar-refractivity contribution in [2.45, 2.75) is 17.7 Å². The highest BCUT2D eigenvalue weighted by Gasteiger charge is 2.24. The summed E-state index contributed by atoms with van der Waals surface area (Å²) in [5, 5.41) is 0. The second-order valence-electron chi connectivity index (χ2n) is 4.56. The Morgan fingerprint density at radius 3 is 2.61 bits per heavy atom. The number of rotatable bonds is 3. The minimum Gasteiger partial charge on any atom is -0.355 e. The number of nitrogens with zero attached hydrogens (tertiary/aromatic N) is 2. The lowest BCUT2D eigenvalue weighted by Crippen LogP contribution is -2.35. The van der Waals surface area contributed by atoms with Gasteiger partial charge in [0.15, 0.2) is 9.84 Å². The Morgan fingerprint density at radius 2 is 2.06 bits per heavy atom. The molecule has 1 fully saturated rings. The molecule has 0 aromatic carbocycles. The van der Waals surface area contributed by atoms with Crippen molar-refractivity contribution >= 4 is 21.9 Å². The highest BCUT2D eigenvalue weighted by molar-refractivity contribution is 7.90. The van der Waals surface area contributed by atoms with E-state index in [1.165, 1.54) is 6.26 Å². The third-order valence-electron chi connectivity index (χ3n) is 3.18. The SMILES string of the molecule is CS(=O)(=O)c1cccnc1N1CCC(C=O)CC1. The van der Waals surface area contributed by atoms with Crippen LogP contribution in [0.1, 0.15) is 12.8 Å². The molecule has 2 rings (SSSR count). The number of carbonyl (C=O) groups is 1. The number of carbonyl (C=O) groups excluding carboxylic acids is 1. The van der Waals surface area contributed by atoms with Crippen molar-refractivity contribution < 1.29 is 13.2 Å². The number of piperidine rings is 1. The Hall–Kier alpha value is -1.43. The normalized spacial score (nSPS) is 17.7. The predicted octanol–water partition coefficient (Wildman–Crippen LogP) is 0.900. The maximum Gasteiger partial charge on any atom is 0.179 e. The molecule has 2 heterocycles. The van der Waals surface area contributed by atoms with Gasteiger partial charge < -0.3 is 9.69 Å². The van der Waals surface area contributed by atoms with E-state index in [2.05, 4.69) is 4.98 Å². The van der Waals surface area contributed by atoms with E-state index in [1.54, 1.807) is 18.3 Å². The quantitative estimate of drug-likeness (QED) is 0.762. The van der Waals surface area contributed by atoms with Crippen LogP contribution >= 0.6 is 0 Å². The van der Waals surface area contributed by atoms with Gasteiger partial charge >= 0.3 is 0 Å². The van der Waals surface area contributed by atoms with Gasteiger partial charge in [0.05, 0.1) is 0 Å². The lowest BCUT2D eigenvalue weighted by molar-refractivity contribution is -0.111. The van der Waals surface area contributed by atoms with Gasteiger partial charge in [0.1, 0.15) is 17.0 Å². The number of pyridine rings is 1. The lowest BCUT2D eigenvalue weighted by atomic mass is 9.99. The second kappa shape index (κ2) is 5.06. The van der Waals surface area contributed by atoms with Gasteiger partial charge in [-0.3, -0.25) is 0 Å². The highest BCUT2D eigenvalue weighted by atomic mass is 32.2. The summed E-state index contributed by atoms with van der Waals surface area (Å²) in [6.45, 7) is 1.34. The molecule has 1 aromatic rings. The Balaban J connectivity index is 2.27. The first-order valence-corrected chi connectivity index (χ1v) is 7.77. The van der Waals surface area contributed by atoms with Crippen molar-refractivity contribution in [1.82, 2.24) is 4.98 Å². The van der Waals surface area contributed by atoms with Crippen LogP contribution in [0.4, 0.5) is 5.82 Å². The van der Waals surface area contributed by atoms with Crippen molar-refractivity contribution in [3.05, 3.63) is 18.3 Å². The summed E-state index contributed by atoms with van der Waals surface area (Å²) in [7, 11) is -3.28. The average Bonchev–Trinajstić information content (AvgIpc) is 2.38. The molecule has 0 spiro atoms. The van der Waals surface area contributed by atoms with Crippen molar-refractivity contribution in [1.29, 1.82) is 0 Å². The molecule has 1 saturated heterocycles. The fourth-order valence-electron chi connectivity index (χ4n) is 2.16. The second-order valence-corrected chi connectivity index (χ2v) is 6.54. The zero-order valence-electron chi connectivity index (χ0n) is 10.2. The van der Waals surface area contributed by atoms with Gasteiger partial charge in [-0.1, -0.05) is 0 Å². The number of sulfone groups is 1. The largest absolute Gasteiger partial charge is 0.355 e. The topological polar surface area (TPSA) is 67.3 Å². The van der Waals surface area contributed by atoms with Gasteiger partial charge in [-0.15, -0.1) is 0 Å². The lowest BCUT2D eigenvalue weighted by Gasteiger charge is -2.31. The first kappa shape index (κ1) is 13.0. The molecule has 0 radical (unpaired) electrons. The van der Waals surface area contributed by atoms with E-state index >= 15 is 0 Å². The highest BCUT2D eigenvalue weighted by Crippen LogP contribution is 2.26. The van der Waals surface area contributed by atoms with Crippen LogP contribution in [0.15, 0.2) is 23.2 Å². The Kier molecular flexibility index (Phi) is 3.65. The molecular formula is C12H16N2O3S. The summed E-state index contributed by atoms with van der Waals surface area (Å²) in [5.41, 5.74) is 0. The number of hydrogen-bond acceptors (Lipinski definition) is 5. The maximum absolute atomic E-state index is 11.7. The molecule has 1 aromatic heterocycles. The Labute approximate surface area is 107 Å². The summed E-state index contributed by atoms with van der Waals surface area (Å²) in [4.78, 5) is 17.1. The van der Waals surface area contributed by atoms with Gasteiger partial charge in [0, 0.05) is 31.5 Å². The number of aldehydes is 1. The van der Waals surface area contributed by atoms with E-state index in [4.69, 9.17) is 0 Å². The predicted molar refractivity (Wildman–Crippen MR) is 68.3 cm³/mol. The first-order valence-electron chi connectivity index (χ1n) is 5.87. The van der Waals surface area contributed by atoms with Crippen molar-refractivity contribution in [2.24, 2.45) is 5.92 Å². The van der Waals surface area contributed by atoms with E-state index in [0.29, 0.717) is 18.9 Å². The molecule has 18 heavy (non-hydrogen) atoms. The molecular weight excluding hydrogens is 252 g/mol. The molecule has 0 bridgehead atoms. The first-order chi connectivity index (χ1) is 8.52. The molecule has 0 unspecified atom stereocenters. The third kappa shape index (κ3) is 2.69. The van der Waals surface area contributed by atoms with Crippen LogP contribution in [0.2, 0.25) is 0 Å². The summed E-state index contributed by atoms with van der Waals surface area (Å²) >= 11 is 0. The maximum atomic E-state index is 11.7. The van der Waals surface area contributed by atoms with Crippen LogP contribution in [0.25, 0.3) is 0 Å². The zero-order chi connectivity index (χ0) is 13.2. The minimum atomic E-state index is -3.28. The Bertz CT molecular complexity index is 534. The van der Waals surface area contributed by atoms with E-state index < -0.39 is 9.84 Å². The van der Waals surface area contributed by atoms with Crippen LogP contribution in [-0.4, -0.2) is 39.0 Å². The zero-order valence-corrected chi connectivity index (χ0v) is 11.1. The number of aromatic nitrogens is 1. The van der Waals surface area contributed by atoms with E-state index in [-0.39, 0.29) is 10.8 Å². The van der Waals surface area contributed by atoms with Crippen LogP contribution in [0.3, 0.4) is 0 Å². The van der Waals surface area contributed by atoms with E-state index in [0.717, 1.165) is 19.1 Å². The van der Waals surface area contributed by atoms with Gasteiger partial charge in [-0.05, 0) is 25.0 Å². The monoisotopic (exact) mass is 268 g/mol. The summed E-state index contributed by atoms with van der Waals surface area (Å²) in [5.74, 6) is 0.594. The van der Waals surface area contributed by atoms with Crippen LogP contribution in [0, 0.1) is 5.92 Å². The van der Waals surface area contributed by atoms with Crippen LogP contribution in [-0.2, 0) is 14.6 Å². The molecule has 5 nitrogen and oxygen atoms in total. The standard InChI is InChI=1S/C12H16N2O3S/c1-18(16,17)11-3-2-6-13-12(11)14-7-4-10(9-15)5-8-14/h2-3,6,9-10H,4-5,7-8H2,1H3. The molecule has 1 aliphatic heterocycles. The summed E-state index contributed by atoms with van der Waals surface area (Å²) in [6.07, 6.45) is 5.27.